The van der Waals surface area contributed by atoms with Crippen molar-refractivity contribution in [1.29, 1.82) is 0 Å². The number of anilines is 1. The van der Waals surface area contributed by atoms with Crippen molar-refractivity contribution >= 4 is 23.1 Å². The van der Waals surface area contributed by atoms with Gasteiger partial charge < -0.3 is 10.0 Å². The molecule has 0 fully saturated rings. The van der Waals surface area contributed by atoms with Crippen LogP contribution in [-0.4, -0.2) is 41.3 Å². The fourth-order valence-electron chi connectivity index (χ4n) is 4.41. The SMILES string of the molecule is CCCC[C@H](O)[C@@H](CCCC)C(=O)[C@]1(N)N=C(c2ccccc2)c2ccccc2N(C)C1=O. The standard InChI is InChI=1S/C27H35N3O3/c1-4-6-15-21(23(31)18-7-5-2)25(32)27(28)26(33)30(3)22-17-12-11-16-20(22)24(29-27)19-13-9-8-10-14-19/h8-14,16-17,21,23,31H,4-7,15,18,28H2,1-3H3/t21-,23+,27+/m1/s1. The van der Waals surface area contributed by atoms with Crippen LogP contribution in [0, 0.1) is 5.92 Å². The molecule has 0 bridgehead atoms. The van der Waals surface area contributed by atoms with Gasteiger partial charge in [-0.2, -0.15) is 0 Å². The van der Waals surface area contributed by atoms with Gasteiger partial charge in [0.25, 0.3) is 5.91 Å². The Balaban J connectivity index is 2.15. The summed E-state index contributed by atoms with van der Waals surface area (Å²) in [7, 11) is 1.62. The molecule has 2 aromatic rings. The van der Waals surface area contributed by atoms with Crippen molar-refractivity contribution in [3.05, 3.63) is 65.7 Å². The molecule has 0 saturated carbocycles. The third-order valence-corrected chi connectivity index (χ3v) is 6.39. The number of unbranched alkanes of at least 4 members (excludes halogenated alkanes) is 2. The minimum atomic E-state index is -2.12. The van der Waals surface area contributed by atoms with Gasteiger partial charge in [0.15, 0.2) is 5.78 Å². The number of hydrogen-bond donors (Lipinski definition) is 2. The van der Waals surface area contributed by atoms with Gasteiger partial charge >= 0.3 is 0 Å². The van der Waals surface area contributed by atoms with E-state index in [9.17, 15) is 14.7 Å². The number of aliphatic hydroxyl groups excluding tert-OH is 1. The van der Waals surface area contributed by atoms with Crippen molar-refractivity contribution in [2.24, 2.45) is 16.6 Å². The van der Waals surface area contributed by atoms with Crippen LogP contribution in [0.15, 0.2) is 59.6 Å². The Labute approximate surface area is 196 Å². The van der Waals surface area contributed by atoms with Gasteiger partial charge in [-0.3, -0.25) is 15.3 Å². The molecule has 3 atom stereocenters. The van der Waals surface area contributed by atoms with E-state index in [-0.39, 0.29) is 0 Å². The van der Waals surface area contributed by atoms with Crippen LogP contribution in [-0.2, 0) is 9.59 Å². The first-order valence-electron chi connectivity index (χ1n) is 11.9. The van der Waals surface area contributed by atoms with Crippen LogP contribution in [0.4, 0.5) is 5.69 Å². The molecule has 1 amide bonds. The molecular formula is C27H35N3O3. The molecule has 6 heteroatoms. The van der Waals surface area contributed by atoms with Crippen LogP contribution in [0.3, 0.4) is 0 Å². The van der Waals surface area contributed by atoms with E-state index in [0.29, 0.717) is 24.2 Å². The van der Waals surface area contributed by atoms with E-state index in [0.717, 1.165) is 36.8 Å². The summed E-state index contributed by atoms with van der Waals surface area (Å²) < 4.78 is 0. The quantitative estimate of drug-likeness (QED) is 0.534. The van der Waals surface area contributed by atoms with Gasteiger partial charge in [-0.25, -0.2) is 4.99 Å². The number of ketones is 1. The lowest BCUT2D eigenvalue weighted by Crippen LogP contribution is -2.61. The average molecular weight is 450 g/mol. The molecule has 3 N–H and O–H groups in total. The molecule has 1 heterocycles. The highest BCUT2D eigenvalue weighted by Crippen LogP contribution is 2.33. The van der Waals surface area contributed by atoms with Gasteiger partial charge in [-0.15, -0.1) is 0 Å². The zero-order valence-electron chi connectivity index (χ0n) is 19.8. The van der Waals surface area contributed by atoms with E-state index in [4.69, 9.17) is 5.73 Å². The third kappa shape index (κ3) is 5.07. The third-order valence-electron chi connectivity index (χ3n) is 6.39. The van der Waals surface area contributed by atoms with Crippen LogP contribution in [0.2, 0.25) is 0 Å². The predicted octanol–water partition coefficient (Wildman–Crippen LogP) is 4.08. The smallest absolute Gasteiger partial charge is 0.277 e. The Morgan fingerprint density at radius 2 is 1.64 bits per heavy atom. The molecule has 0 spiro atoms. The first kappa shape index (κ1) is 24.8. The molecule has 0 unspecified atom stereocenters. The molecular weight excluding hydrogens is 414 g/mol. The first-order chi connectivity index (χ1) is 15.8. The lowest BCUT2D eigenvalue weighted by Gasteiger charge is -2.31. The summed E-state index contributed by atoms with van der Waals surface area (Å²) in [6.07, 6.45) is 3.45. The van der Waals surface area contributed by atoms with E-state index in [1.165, 1.54) is 4.90 Å². The molecule has 3 rings (SSSR count). The number of carbonyl (C=O) groups is 2. The summed E-state index contributed by atoms with van der Waals surface area (Å²) in [6.45, 7) is 4.07. The Morgan fingerprint density at radius 3 is 2.30 bits per heavy atom. The molecule has 0 aliphatic carbocycles. The second-order valence-corrected chi connectivity index (χ2v) is 8.80. The van der Waals surface area contributed by atoms with Crippen molar-refractivity contribution in [1.82, 2.24) is 0 Å². The first-order valence-corrected chi connectivity index (χ1v) is 11.9. The number of nitrogens with zero attached hydrogens (tertiary/aromatic N) is 2. The second kappa shape index (κ2) is 10.9. The van der Waals surface area contributed by atoms with Gasteiger partial charge in [0.1, 0.15) is 0 Å². The van der Waals surface area contributed by atoms with Crippen LogP contribution in [0.25, 0.3) is 0 Å². The maximum absolute atomic E-state index is 13.9. The van der Waals surface area contributed by atoms with Gasteiger partial charge in [0.05, 0.1) is 17.5 Å². The lowest BCUT2D eigenvalue weighted by atomic mass is 9.83. The maximum atomic E-state index is 13.9. The number of aliphatic imine (C=N–C) groups is 1. The average Bonchev–Trinajstić information content (AvgIpc) is 2.93. The normalized spacial score (nSPS) is 20.0. The fraction of sp³-hybridized carbons (Fsp3) is 0.444. The zero-order chi connectivity index (χ0) is 24.0. The molecule has 1 aliphatic rings. The van der Waals surface area contributed by atoms with Gasteiger partial charge in [0, 0.05) is 24.1 Å². The monoisotopic (exact) mass is 449 g/mol. The van der Waals surface area contributed by atoms with E-state index in [1.54, 1.807) is 7.05 Å². The fourth-order valence-corrected chi connectivity index (χ4v) is 4.41. The number of aliphatic hydroxyl groups is 1. The van der Waals surface area contributed by atoms with Crippen molar-refractivity contribution in [2.45, 2.75) is 64.1 Å². The van der Waals surface area contributed by atoms with Crippen molar-refractivity contribution < 1.29 is 14.7 Å². The number of benzodiazepines with no additional fused rings is 1. The summed E-state index contributed by atoms with van der Waals surface area (Å²) in [5.41, 5.74) is 7.16. The minimum Gasteiger partial charge on any atom is -0.392 e. The Kier molecular flexibility index (Phi) is 8.16. The van der Waals surface area contributed by atoms with Gasteiger partial charge in [0.2, 0.25) is 5.66 Å². The van der Waals surface area contributed by atoms with E-state index >= 15 is 0 Å². The number of nitrogens with two attached hydrogens (primary N) is 1. The van der Waals surface area contributed by atoms with Crippen LogP contribution >= 0.6 is 0 Å². The highest BCUT2D eigenvalue weighted by molar-refractivity contribution is 6.26. The number of Topliss-reactive ketones (excluding diaryl/α,β-unsaturated/α-hetero) is 1. The summed E-state index contributed by atoms with van der Waals surface area (Å²) in [6, 6.07) is 16.9. The largest absolute Gasteiger partial charge is 0.392 e. The molecule has 33 heavy (non-hydrogen) atoms. The topological polar surface area (TPSA) is 96.0 Å². The van der Waals surface area contributed by atoms with E-state index in [1.807, 2.05) is 68.4 Å². The van der Waals surface area contributed by atoms with Crippen LogP contribution in [0.5, 0.6) is 0 Å². The number of fused-ring (bicyclic) bond motifs is 1. The Bertz CT molecular complexity index is 1000. The minimum absolute atomic E-state index is 0.472. The highest BCUT2D eigenvalue weighted by Gasteiger charge is 2.50. The summed E-state index contributed by atoms with van der Waals surface area (Å²) in [5.74, 6) is -1.85. The second-order valence-electron chi connectivity index (χ2n) is 8.80. The molecule has 2 aromatic carbocycles. The number of likely N-dealkylation sites (N-methyl/N-ethyl adjacent to an activating group) is 1. The number of carbonyl (C=O) groups excluding carboxylic acids is 2. The lowest BCUT2D eigenvalue weighted by molar-refractivity contribution is -0.139. The maximum Gasteiger partial charge on any atom is 0.277 e. The van der Waals surface area contributed by atoms with Crippen LogP contribution < -0.4 is 10.6 Å². The predicted molar refractivity (Wildman–Crippen MR) is 132 cm³/mol. The number of rotatable bonds is 10. The van der Waals surface area contributed by atoms with Gasteiger partial charge in [-0.1, -0.05) is 88.1 Å². The molecule has 0 radical (unpaired) electrons. The Morgan fingerprint density at radius 1 is 1.03 bits per heavy atom. The highest BCUT2D eigenvalue weighted by atomic mass is 16.3. The number of benzene rings is 2. The van der Waals surface area contributed by atoms with Crippen molar-refractivity contribution in [3.63, 3.8) is 0 Å². The summed E-state index contributed by atoms with van der Waals surface area (Å²) >= 11 is 0. The summed E-state index contributed by atoms with van der Waals surface area (Å²) in [4.78, 5) is 33.7. The van der Waals surface area contributed by atoms with Crippen LogP contribution in [0.1, 0.15) is 63.5 Å². The number of amides is 1. The molecule has 0 aromatic heterocycles. The Hall–Kier alpha value is -2.83. The summed E-state index contributed by atoms with van der Waals surface area (Å²) in [5, 5.41) is 10.9. The van der Waals surface area contributed by atoms with Crippen molar-refractivity contribution in [2.75, 3.05) is 11.9 Å². The number of para-hydroxylation sites is 1. The molecule has 1 aliphatic heterocycles. The molecule has 176 valence electrons. The van der Waals surface area contributed by atoms with E-state index < -0.39 is 29.4 Å². The van der Waals surface area contributed by atoms with Crippen molar-refractivity contribution in [3.8, 4) is 0 Å². The van der Waals surface area contributed by atoms with E-state index in [2.05, 4.69) is 4.99 Å². The van der Waals surface area contributed by atoms with Gasteiger partial charge in [-0.05, 0) is 18.9 Å². The zero-order valence-corrected chi connectivity index (χ0v) is 19.8. The molecule has 0 saturated heterocycles. The molecule has 6 nitrogen and oxygen atoms in total. The number of hydrogen-bond acceptors (Lipinski definition) is 5.